The zero-order valence-electron chi connectivity index (χ0n) is 24.7. The van der Waals surface area contributed by atoms with Crippen molar-refractivity contribution in [2.24, 2.45) is 0 Å². The van der Waals surface area contributed by atoms with Gasteiger partial charge in [-0.15, -0.1) is 0 Å². The molecule has 230 valence electrons. The van der Waals surface area contributed by atoms with Crippen LogP contribution in [0.25, 0.3) is 0 Å². The number of para-hydroxylation sites is 1. The number of halogens is 1. The van der Waals surface area contributed by atoms with Gasteiger partial charge in [-0.2, -0.15) is 0 Å². The van der Waals surface area contributed by atoms with E-state index in [1.807, 2.05) is 25.1 Å². The number of anilines is 1. The van der Waals surface area contributed by atoms with Crippen LogP contribution in [0.5, 0.6) is 11.5 Å². The Balaban J connectivity index is 1.70. The van der Waals surface area contributed by atoms with E-state index in [0.717, 1.165) is 4.31 Å². The van der Waals surface area contributed by atoms with Gasteiger partial charge in [-0.05, 0) is 79.1 Å². The van der Waals surface area contributed by atoms with Crippen LogP contribution in [0.1, 0.15) is 32.3 Å². The quantitative estimate of drug-likeness (QED) is 0.183. The van der Waals surface area contributed by atoms with Gasteiger partial charge in [0.1, 0.15) is 29.9 Å². The first kappa shape index (κ1) is 32.2. The summed E-state index contributed by atoms with van der Waals surface area (Å²) in [4.78, 5) is 28.6. The minimum absolute atomic E-state index is 0.00947. The van der Waals surface area contributed by atoms with E-state index in [1.165, 1.54) is 41.3 Å². The average molecular weight is 618 g/mol. The van der Waals surface area contributed by atoms with Gasteiger partial charge in [-0.25, -0.2) is 12.8 Å². The Morgan fingerprint density at radius 1 is 0.818 bits per heavy atom. The van der Waals surface area contributed by atoms with Crippen molar-refractivity contribution in [3.05, 3.63) is 121 Å². The summed E-state index contributed by atoms with van der Waals surface area (Å²) in [6.07, 6.45) is 1.00. The molecule has 0 aromatic heterocycles. The predicted molar refractivity (Wildman–Crippen MR) is 168 cm³/mol. The van der Waals surface area contributed by atoms with Crippen molar-refractivity contribution < 1.29 is 27.1 Å². The SMILES string of the molecule is CCCNC(=O)[C@H](CC)N(Cc1ccc(F)cc1)C(=O)CN(c1ccc(Oc2ccccc2)cc1)S(=O)(=O)c1ccccc1. The highest BCUT2D eigenvalue weighted by Gasteiger charge is 2.33. The number of carbonyl (C=O) groups is 2. The molecule has 10 heteroatoms. The van der Waals surface area contributed by atoms with Gasteiger partial charge in [0.25, 0.3) is 10.0 Å². The van der Waals surface area contributed by atoms with Crippen LogP contribution in [0, 0.1) is 5.82 Å². The summed E-state index contributed by atoms with van der Waals surface area (Å²) in [6.45, 7) is 3.55. The molecule has 0 aliphatic heterocycles. The van der Waals surface area contributed by atoms with Gasteiger partial charge in [-0.3, -0.25) is 13.9 Å². The van der Waals surface area contributed by atoms with Crippen LogP contribution in [0.3, 0.4) is 0 Å². The van der Waals surface area contributed by atoms with Crippen LogP contribution in [-0.4, -0.2) is 44.3 Å². The summed E-state index contributed by atoms with van der Waals surface area (Å²) in [5.74, 6) is -0.256. The van der Waals surface area contributed by atoms with Gasteiger partial charge < -0.3 is 15.0 Å². The molecule has 1 N–H and O–H groups in total. The van der Waals surface area contributed by atoms with Gasteiger partial charge in [0.05, 0.1) is 10.6 Å². The van der Waals surface area contributed by atoms with Crippen LogP contribution in [0.2, 0.25) is 0 Å². The van der Waals surface area contributed by atoms with Crippen LogP contribution in [0.4, 0.5) is 10.1 Å². The lowest BCUT2D eigenvalue weighted by atomic mass is 10.1. The maximum absolute atomic E-state index is 14.1. The lowest BCUT2D eigenvalue weighted by Gasteiger charge is -2.33. The molecule has 0 bridgehead atoms. The summed E-state index contributed by atoms with van der Waals surface area (Å²) < 4.78 is 48.5. The van der Waals surface area contributed by atoms with Gasteiger partial charge in [-0.1, -0.05) is 62.4 Å². The lowest BCUT2D eigenvalue weighted by molar-refractivity contribution is -0.140. The summed E-state index contributed by atoms with van der Waals surface area (Å²) in [6, 6.07) is 28.2. The first-order chi connectivity index (χ1) is 21.2. The van der Waals surface area contributed by atoms with Crippen LogP contribution < -0.4 is 14.4 Å². The molecule has 0 saturated carbocycles. The Labute approximate surface area is 258 Å². The molecule has 0 spiro atoms. The number of rotatable bonds is 14. The summed E-state index contributed by atoms with van der Waals surface area (Å²) in [5.41, 5.74) is 0.842. The first-order valence-corrected chi connectivity index (χ1v) is 15.9. The third kappa shape index (κ3) is 8.23. The van der Waals surface area contributed by atoms with Crippen molar-refractivity contribution in [2.45, 2.75) is 44.2 Å². The molecule has 0 heterocycles. The van der Waals surface area contributed by atoms with E-state index >= 15 is 0 Å². The fraction of sp³-hybridized carbons (Fsp3) is 0.235. The van der Waals surface area contributed by atoms with Crippen LogP contribution in [0.15, 0.2) is 114 Å². The van der Waals surface area contributed by atoms with E-state index < -0.39 is 34.3 Å². The molecule has 44 heavy (non-hydrogen) atoms. The molecule has 1 atom stereocenters. The maximum Gasteiger partial charge on any atom is 0.264 e. The zero-order chi connectivity index (χ0) is 31.5. The Morgan fingerprint density at radius 2 is 1.41 bits per heavy atom. The zero-order valence-corrected chi connectivity index (χ0v) is 25.5. The molecule has 0 aliphatic carbocycles. The standard InChI is InChI=1S/C34H36FN3O5S/c1-3-23-36-34(40)32(4-2)37(24-26-15-17-27(35)18-16-26)33(39)25-38(44(41,42)31-13-9-6-10-14-31)28-19-21-30(22-20-28)43-29-11-7-5-8-12-29/h5-22,32H,3-4,23-25H2,1-2H3,(H,36,40)/t32-/m0/s1. The molecule has 0 saturated heterocycles. The number of nitrogens with zero attached hydrogens (tertiary/aromatic N) is 2. The lowest BCUT2D eigenvalue weighted by Crippen LogP contribution is -2.52. The number of carbonyl (C=O) groups excluding carboxylic acids is 2. The van der Waals surface area contributed by atoms with E-state index in [1.54, 1.807) is 61.5 Å². The molecule has 4 aromatic carbocycles. The Bertz CT molecular complexity index is 1620. The number of benzene rings is 4. The van der Waals surface area contributed by atoms with Gasteiger partial charge in [0, 0.05) is 13.1 Å². The van der Waals surface area contributed by atoms with Crippen molar-refractivity contribution in [1.29, 1.82) is 0 Å². The Hall–Kier alpha value is -4.70. The average Bonchev–Trinajstić information content (AvgIpc) is 3.04. The maximum atomic E-state index is 14.1. The third-order valence-corrected chi connectivity index (χ3v) is 8.70. The van der Waals surface area contributed by atoms with Gasteiger partial charge in [0.2, 0.25) is 11.8 Å². The molecule has 4 rings (SSSR count). The van der Waals surface area contributed by atoms with Crippen molar-refractivity contribution in [3.8, 4) is 11.5 Å². The van der Waals surface area contributed by atoms with E-state index in [0.29, 0.717) is 36.4 Å². The molecule has 0 fully saturated rings. The van der Waals surface area contributed by atoms with Gasteiger partial charge in [0.15, 0.2) is 0 Å². The van der Waals surface area contributed by atoms with Crippen LogP contribution in [-0.2, 0) is 26.2 Å². The second-order valence-electron chi connectivity index (χ2n) is 10.1. The highest BCUT2D eigenvalue weighted by Crippen LogP contribution is 2.28. The minimum atomic E-state index is -4.20. The molecular weight excluding hydrogens is 581 g/mol. The van der Waals surface area contributed by atoms with Crippen molar-refractivity contribution in [2.75, 3.05) is 17.4 Å². The molecule has 0 radical (unpaired) electrons. The second kappa shape index (κ2) is 15.2. The molecule has 0 unspecified atom stereocenters. The van der Waals surface area contributed by atoms with E-state index in [2.05, 4.69) is 5.32 Å². The normalized spacial score (nSPS) is 11.8. The smallest absolute Gasteiger partial charge is 0.264 e. The van der Waals surface area contributed by atoms with E-state index in [9.17, 15) is 22.4 Å². The number of hydrogen-bond donors (Lipinski definition) is 1. The topological polar surface area (TPSA) is 96.0 Å². The number of amides is 2. The Kier molecular flexibility index (Phi) is 11.1. The highest BCUT2D eigenvalue weighted by atomic mass is 32.2. The predicted octanol–water partition coefficient (Wildman–Crippen LogP) is 6.15. The fourth-order valence-corrected chi connectivity index (χ4v) is 6.06. The van der Waals surface area contributed by atoms with E-state index in [4.69, 9.17) is 4.74 Å². The van der Waals surface area contributed by atoms with Crippen molar-refractivity contribution in [1.82, 2.24) is 10.2 Å². The molecule has 0 aliphatic rings. The number of sulfonamides is 1. The fourth-order valence-electron chi connectivity index (χ4n) is 4.63. The van der Waals surface area contributed by atoms with Crippen LogP contribution >= 0.6 is 0 Å². The number of hydrogen-bond acceptors (Lipinski definition) is 5. The third-order valence-electron chi connectivity index (χ3n) is 6.92. The highest BCUT2D eigenvalue weighted by molar-refractivity contribution is 7.92. The monoisotopic (exact) mass is 617 g/mol. The van der Waals surface area contributed by atoms with Crippen molar-refractivity contribution in [3.63, 3.8) is 0 Å². The van der Waals surface area contributed by atoms with Gasteiger partial charge >= 0.3 is 0 Å². The number of ether oxygens (including phenoxy) is 1. The van der Waals surface area contributed by atoms with E-state index in [-0.39, 0.29) is 23.0 Å². The summed E-state index contributed by atoms with van der Waals surface area (Å²) in [7, 11) is -4.20. The Morgan fingerprint density at radius 3 is 2.00 bits per heavy atom. The molecule has 8 nitrogen and oxygen atoms in total. The number of nitrogens with one attached hydrogen (secondary N) is 1. The molecular formula is C34H36FN3O5S. The molecule has 4 aromatic rings. The minimum Gasteiger partial charge on any atom is -0.457 e. The summed E-state index contributed by atoms with van der Waals surface area (Å²) in [5, 5.41) is 2.84. The summed E-state index contributed by atoms with van der Waals surface area (Å²) >= 11 is 0. The molecule has 2 amide bonds. The largest absolute Gasteiger partial charge is 0.457 e. The first-order valence-electron chi connectivity index (χ1n) is 14.4. The second-order valence-corrected chi connectivity index (χ2v) is 12.0. The van der Waals surface area contributed by atoms with Crippen molar-refractivity contribution >= 4 is 27.5 Å².